The van der Waals surface area contributed by atoms with E-state index in [9.17, 15) is 9.59 Å². The molecule has 0 aliphatic heterocycles. The Hall–Kier alpha value is -2.61. The van der Waals surface area contributed by atoms with Crippen molar-refractivity contribution in [3.8, 4) is 6.07 Å². The van der Waals surface area contributed by atoms with Crippen molar-refractivity contribution in [3.05, 3.63) is 41.5 Å². The van der Waals surface area contributed by atoms with Gasteiger partial charge in [0.25, 0.3) is 0 Å². The minimum atomic E-state index is -1.22. The van der Waals surface area contributed by atoms with Crippen LogP contribution in [-0.4, -0.2) is 18.4 Å². The molecule has 132 valence electrons. The molecule has 1 aromatic rings. The van der Waals surface area contributed by atoms with Gasteiger partial charge in [0, 0.05) is 6.54 Å². The maximum Gasteiger partial charge on any atom is 0.239 e. The van der Waals surface area contributed by atoms with Gasteiger partial charge in [0.05, 0.1) is 11.3 Å². The number of amides is 2. The van der Waals surface area contributed by atoms with Gasteiger partial charge in [0.15, 0.2) is 0 Å². The van der Waals surface area contributed by atoms with Crippen LogP contribution in [0.4, 0.5) is 5.69 Å². The number of nitrogens with one attached hydrogen (secondary N) is 2. The van der Waals surface area contributed by atoms with E-state index >= 15 is 0 Å². The Labute approximate surface area is 149 Å². The monoisotopic (exact) mass is 339 g/mol. The van der Waals surface area contributed by atoms with Crippen LogP contribution in [0.15, 0.2) is 35.9 Å². The molecule has 25 heavy (non-hydrogen) atoms. The summed E-state index contributed by atoms with van der Waals surface area (Å²) in [7, 11) is 0. The van der Waals surface area contributed by atoms with Crippen molar-refractivity contribution in [1.29, 1.82) is 5.26 Å². The summed E-state index contributed by atoms with van der Waals surface area (Å²) in [6, 6.07) is 8.77. The number of carbonyl (C=O) groups is 2. The average Bonchev–Trinajstić information content (AvgIpc) is 2.62. The maximum atomic E-state index is 12.5. The quantitative estimate of drug-likeness (QED) is 0.614. The third kappa shape index (κ3) is 4.93. The zero-order chi connectivity index (χ0) is 18.3. The van der Waals surface area contributed by atoms with Crippen LogP contribution in [0.2, 0.25) is 0 Å². The molecule has 2 N–H and O–H groups in total. The molecule has 2 amide bonds. The highest BCUT2D eigenvalue weighted by atomic mass is 16.2. The second kappa shape index (κ2) is 8.48. The zero-order valence-electron chi connectivity index (χ0n) is 14.9. The second-order valence-corrected chi connectivity index (χ2v) is 6.85. The third-order valence-corrected chi connectivity index (χ3v) is 4.55. The number of rotatable bonds is 6. The lowest BCUT2D eigenvalue weighted by Gasteiger charge is -2.23. The minimum Gasteiger partial charge on any atom is -0.355 e. The fraction of sp³-hybridized carbons (Fsp3) is 0.450. The molecule has 2 rings (SSSR count). The molecule has 1 aromatic carbocycles. The van der Waals surface area contributed by atoms with Crippen LogP contribution in [-0.2, 0) is 9.59 Å². The second-order valence-electron chi connectivity index (χ2n) is 6.85. The number of nitrogens with zero attached hydrogens (tertiary/aromatic N) is 1. The van der Waals surface area contributed by atoms with Gasteiger partial charge in [-0.2, -0.15) is 5.26 Å². The summed E-state index contributed by atoms with van der Waals surface area (Å²) in [6.45, 7) is 3.72. The number of hydrogen-bond donors (Lipinski definition) is 2. The van der Waals surface area contributed by atoms with Crippen LogP contribution in [0.3, 0.4) is 0 Å². The molecule has 1 aliphatic rings. The average molecular weight is 339 g/mol. The fourth-order valence-corrected chi connectivity index (χ4v) is 2.76. The van der Waals surface area contributed by atoms with Gasteiger partial charge in [0.2, 0.25) is 11.8 Å². The van der Waals surface area contributed by atoms with Gasteiger partial charge in [0.1, 0.15) is 11.5 Å². The standard InChI is InChI=1S/C20H25N3O2/c1-20(2,18(24)22-13-12-15-8-4-3-5-9-15)19(25)23-17-11-7-6-10-16(17)14-21/h6-8,10-11H,3-5,9,12-13H2,1-2H3,(H,22,24)(H,23,25). The first kappa shape index (κ1) is 18.7. The smallest absolute Gasteiger partial charge is 0.239 e. The zero-order valence-corrected chi connectivity index (χ0v) is 14.9. The third-order valence-electron chi connectivity index (χ3n) is 4.55. The van der Waals surface area contributed by atoms with Crippen molar-refractivity contribution in [2.45, 2.75) is 46.0 Å². The lowest BCUT2D eigenvalue weighted by molar-refractivity contribution is -0.138. The highest BCUT2D eigenvalue weighted by molar-refractivity contribution is 6.10. The molecule has 0 atom stereocenters. The highest BCUT2D eigenvalue weighted by Gasteiger charge is 2.36. The molecule has 0 radical (unpaired) electrons. The van der Waals surface area contributed by atoms with Gasteiger partial charge in [-0.3, -0.25) is 9.59 Å². The van der Waals surface area contributed by atoms with Gasteiger partial charge < -0.3 is 10.6 Å². The predicted molar refractivity (Wildman–Crippen MR) is 97.7 cm³/mol. The molecule has 0 fully saturated rings. The predicted octanol–water partition coefficient (Wildman–Crippen LogP) is 3.53. The summed E-state index contributed by atoms with van der Waals surface area (Å²) in [4.78, 5) is 25.0. The Morgan fingerprint density at radius 2 is 1.96 bits per heavy atom. The number of hydrogen-bond acceptors (Lipinski definition) is 3. The lowest BCUT2D eigenvalue weighted by Crippen LogP contribution is -2.45. The molecule has 0 unspecified atom stereocenters. The van der Waals surface area contributed by atoms with Crippen LogP contribution >= 0.6 is 0 Å². The normalized spacial score (nSPS) is 14.2. The molecule has 0 saturated carbocycles. The maximum absolute atomic E-state index is 12.5. The summed E-state index contributed by atoms with van der Waals surface area (Å²) in [5, 5.41) is 14.6. The Balaban J connectivity index is 1.92. The summed E-state index contributed by atoms with van der Waals surface area (Å²) in [5.74, 6) is -0.736. The van der Waals surface area contributed by atoms with E-state index in [1.165, 1.54) is 18.4 Å². The summed E-state index contributed by atoms with van der Waals surface area (Å²) < 4.78 is 0. The first-order chi connectivity index (χ1) is 11.9. The number of carbonyl (C=O) groups excluding carboxylic acids is 2. The number of nitriles is 1. The highest BCUT2D eigenvalue weighted by Crippen LogP contribution is 2.22. The Morgan fingerprint density at radius 3 is 2.64 bits per heavy atom. The molecular weight excluding hydrogens is 314 g/mol. The summed E-state index contributed by atoms with van der Waals surface area (Å²) in [6.07, 6.45) is 7.77. The number of para-hydroxylation sites is 1. The van der Waals surface area contributed by atoms with Crippen molar-refractivity contribution >= 4 is 17.5 Å². The largest absolute Gasteiger partial charge is 0.355 e. The molecule has 5 heteroatoms. The molecule has 5 nitrogen and oxygen atoms in total. The Kier molecular flexibility index (Phi) is 6.35. The molecule has 0 heterocycles. The molecule has 0 aromatic heterocycles. The summed E-state index contributed by atoms with van der Waals surface area (Å²) in [5.41, 5.74) is 0.958. The number of benzene rings is 1. The van der Waals surface area contributed by atoms with Crippen LogP contribution in [0, 0.1) is 16.7 Å². The van der Waals surface area contributed by atoms with Crippen molar-refractivity contribution < 1.29 is 9.59 Å². The molecule has 0 saturated heterocycles. The van der Waals surface area contributed by atoms with Gasteiger partial charge in [-0.15, -0.1) is 0 Å². The first-order valence-electron chi connectivity index (χ1n) is 8.72. The van der Waals surface area contributed by atoms with Gasteiger partial charge in [-0.25, -0.2) is 0 Å². The number of allylic oxidation sites excluding steroid dienone is 1. The van der Waals surface area contributed by atoms with Crippen molar-refractivity contribution in [2.24, 2.45) is 5.41 Å². The lowest BCUT2D eigenvalue weighted by atomic mass is 9.90. The van der Waals surface area contributed by atoms with Crippen LogP contribution in [0.25, 0.3) is 0 Å². The van der Waals surface area contributed by atoms with E-state index in [-0.39, 0.29) is 5.91 Å². The van der Waals surface area contributed by atoms with E-state index in [1.54, 1.807) is 38.1 Å². The van der Waals surface area contributed by atoms with Crippen LogP contribution < -0.4 is 10.6 Å². The van der Waals surface area contributed by atoms with E-state index < -0.39 is 11.3 Å². The molecule has 1 aliphatic carbocycles. The summed E-state index contributed by atoms with van der Waals surface area (Å²) >= 11 is 0. The minimum absolute atomic E-state index is 0.309. The van der Waals surface area contributed by atoms with Crippen LogP contribution in [0.5, 0.6) is 0 Å². The van der Waals surface area contributed by atoms with Crippen molar-refractivity contribution in [1.82, 2.24) is 5.32 Å². The molecule has 0 spiro atoms. The Bertz CT molecular complexity index is 714. The van der Waals surface area contributed by atoms with Crippen molar-refractivity contribution in [2.75, 3.05) is 11.9 Å². The topological polar surface area (TPSA) is 82.0 Å². The van der Waals surface area contributed by atoms with Crippen molar-refractivity contribution in [3.63, 3.8) is 0 Å². The van der Waals surface area contributed by atoms with Gasteiger partial charge in [-0.05, 0) is 58.1 Å². The van der Waals surface area contributed by atoms with E-state index in [0.29, 0.717) is 17.8 Å². The molecular formula is C20H25N3O2. The van der Waals surface area contributed by atoms with Crippen LogP contribution in [0.1, 0.15) is 51.5 Å². The SMILES string of the molecule is CC(C)(C(=O)NCCC1=CCCCC1)C(=O)Nc1ccccc1C#N. The number of anilines is 1. The Morgan fingerprint density at radius 1 is 1.20 bits per heavy atom. The van der Waals surface area contributed by atoms with Gasteiger partial charge >= 0.3 is 0 Å². The molecule has 0 bridgehead atoms. The van der Waals surface area contributed by atoms with E-state index in [0.717, 1.165) is 19.3 Å². The first-order valence-corrected chi connectivity index (χ1v) is 8.72. The fourth-order valence-electron chi connectivity index (χ4n) is 2.76. The van der Waals surface area contributed by atoms with E-state index in [4.69, 9.17) is 5.26 Å². The van der Waals surface area contributed by atoms with Gasteiger partial charge in [-0.1, -0.05) is 23.8 Å². The van der Waals surface area contributed by atoms with E-state index in [1.807, 2.05) is 6.07 Å². The van der Waals surface area contributed by atoms with E-state index in [2.05, 4.69) is 16.7 Å².